The van der Waals surface area contributed by atoms with E-state index < -0.39 is 11.9 Å². The van der Waals surface area contributed by atoms with Crippen LogP contribution in [0.5, 0.6) is 5.75 Å². The van der Waals surface area contributed by atoms with Gasteiger partial charge in [-0.1, -0.05) is 0 Å². The summed E-state index contributed by atoms with van der Waals surface area (Å²) >= 11 is 0. The molecule has 1 aromatic carbocycles. The first-order valence-corrected chi connectivity index (χ1v) is 6.74. The van der Waals surface area contributed by atoms with Crippen LogP contribution in [0.4, 0.5) is 0 Å². The van der Waals surface area contributed by atoms with E-state index in [0.717, 1.165) is 0 Å². The summed E-state index contributed by atoms with van der Waals surface area (Å²) in [6, 6.07) is 6.15. The molecular weight excluding hydrogens is 276 g/mol. The lowest BCUT2D eigenvalue weighted by Gasteiger charge is -2.07. The summed E-state index contributed by atoms with van der Waals surface area (Å²) in [5.41, 5.74) is 0.389. The zero-order chi connectivity index (χ0) is 15.5. The van der Waals surface area contributed by atoms with Crippen LogP contribution in [0.2, 0.25) is 0 Å². The van der Waals surface area contributed by atoms with E-state index in [2.05, 4.69) is 0 Å². The summed E-state index contributed by atoms with van der Waals surface area (Å²) < 4.78 is 20.2. The molecule has 1 rings (SSSR count). The number of ether oxygens (including phenoxy) is 4. The van der Waals surface area contributed by atoms with Crippen molar-refractivity contribution in [2.75, 3.05) is 33.0 Å². The molecule has 0 amide bonds. The third kappa shape index (κ3) is 7.43. The largest absolute Gasteiger partial charge is 0.460 e. The minimum absolute atomic E-state index is 0.177. The summed E-state index contributed by atoms with van der Waals surface area (Å²) in [5, 5.41) is 0. The smallest absolute Gasteiger partial charge is 0.338 e. The topological polar surface area (TPSA) is 71.1 Å². The van der Waals surface area contributed by atoms with E-state index in [1.54, 1.807) is 0 Å². The minimum Gasteiger partial charge on any atom is -0.460 e. The van der Waals surface area contributed by atoms with Crippen LogP contribution in [0.15, 0.2) is 24.3 Å². The zero-order valence-electron chi connectivity index (χ0n) is 12.3. The Labute approximate surface area is 123 Å². The molecular formula is C15H20O6. The van der Waals surface area contributed by atoms with Crippen molar-refractivity contribution in [2.24, 2.45) is 0 Å². The number of esters is 2. The molecule has 0 atom stereocenters. The van der Waals surface area contributed by atoms with Gasteiger partial charge in [0.2, 0.25) is 0 Å². The van der Waals surface area contributed by atoms with Crippen molar-refractivity contribution in [1.29, 1.82) is 0 Å². The van der Waals surface area contributed by atoms with Crippen LogP contribution in [-0.4, -0.2) is 45.0 Å². The third-order valence-corrected chi connectivity index (χ3v) is 2.39. The van der Waals surface area contributed by atoms with Crippen LogP contribution in [0.3, 0.4) is 0 Å². The number of hydrogen-bond donors (Lipinski definition) is 0. The van der Waals surface area contributed by atoms with Crippen molar-refractivity contribution < 1.29 is 28.5 Å². The molecule has 6 nitrogen and oxygen atoms in total. The summed E-state index contributed by atoms with van der Waals surface area (Å²) in [4.78, 5) is 22.5. The molecule has 0 aromatic heterocycles. The summed E-state index contributed by atoms with van der Waals surface area (Å²) in [6.07, 6.45) is 0. The highest BCUT2D eigenvalue weighted by molar-refractivity contribution is 5.89. The fourth-order valence-corrected chi connectivity index (χ4v) is 1.47. The number of carbonyl (C=O) groups excluding carboxylic acids is 2. The molecule has 0 unspecified atom stereocenters. The second-order valence-electron chi connectivity index (χ2n) is 4.06. The molecule has 0 saturated heterocycles. The van der Waals surface area contributed by atoms with Gasteiger partial charge in [-0.15, -0.1) is 0 Å². The van der Waals surface area contributed by atoms with Gasteiger partial charge in [0.05, 0.1) is 25.4 Å². The summed E-state index contributed by atoms with van der Waals surface area (Å²) in [7, 11) is 0. The fourth-order valence-electron chi connectivity index (χ4n) is 1.47. The number of hydrogen-bond acceptors (Lipinski definition) is 6. The quantitative estimate of drug-likeness (QED) is 0.393. The van der Waals surface area contributed by atoms with Crippen LogP contribution < -0.4 is 4.74 Å². The molecule has 116 valence electrons. The van der Waals surface area contributed by atoms with Gasteiger partial charge < -0.3 is 18.9 Å². The highest BCUT2D eigenvalue weighted by Crippen LogP contribution is 2.13. The Morgan fingerprint density at radius 3 is 2.19 bits per heavy atom. The predicted octanol–water partition coefficient (Wildman–Crippen LogP) is 1.82. The molecule has 0 aliphatic rings. The van der Waals surface area contributed by atoms with Crippen LogP contribution in [0.25, 0.3) is 0 Å². The van der Waals surface area contributed by atoms with E-state index in [4.69, 9.17) is 18.9 Å². The lowest BCUT2D eigenvalue weighted by Crippen LogP contribution is -2.13. The van der Waals surface area contributed by atoms with Crippen molar-refractivity contribution in [3.05, 3.63) is 29.8 Å². The summed E-state index contributed by atoms with van der Waals surface area (Å²) in [5.74, 6) is -0.467. The zero-order valence-corrected chi connectivity index (χ0v) is 12.3. The molecule has 0 bridgehead atoms. The van der Waals surface area contributed by atoms with E-state index in [9.17, 15) is 9.59 Å². The van der Waals surface area contributed by atoms with E-state index in [1.165, 1.54) is 31.2 Å². The van der Waals surface area contributed by atoms with Crippen LogP contribution in [-0.2, 0) is 19.0 Å². The van der Waals surface area contributed by atoms with Crippen molar-refractivity contribution in [3.63, 3.8) is 0 Å². The molecule has 0 spiro atoms. The molecule has 1 aromatic rings. The second kappa shape index (κ2) is 9.90. The van der Waals surface area contributed by atoms with Gasteiger partial charge in [-0.2, -0.15) is 0 Å². The highest BCUT2D eigenvalue weighted by atomic mass is 16.6. The number of carbonyl (C=O) groups is 2. The SMILES string of the molecule is CCOCCOCCOC(=O)c1ccc(OC(C)=O)cc1. The first kappa shape index (κ1) is 17.1. The van der Waals surface area contributed by atoms with Gasteiger partial charge in [0.1, 0.15) is 12.4 Å². The summed E-state index contributed by atoms with van der Waals surface area (Å²) in [6.45, 7) is 5.38. The van der Waals surface area contributed by atoms with Crippen LogP contribution in [0.1, 0.15) is 24.2 Å². The molecule has 0 fully saturated rings. The van der Waals surface area contributed by atoms with E-state index in [0.29, 0.717) is 37.7 Å². The first-order chi connectivity index (χ1) is 10.1. The fraction of sp³-hybridized carbons (Fsp3) is 0.467. The van der Waals surface area contributed by atoms with Gasteiger partial charge in [-0.05, 0) is 31.2 Å². The minimum atomic E-state index is -0.446. The molecule has 0 aliphatic carbocycles. The molecule has 0 aliphatic heterocycles. The molecule has 0 radical (unpaired) electrons. The lowest BCUT2D eigenvalue weighted by atomic mass is 10.2. The number of rotatable bonds is 9. The number of benzene rings is 1. The van der Waals surface area contributed by atoms with Crippen molar-refractivity contribution in [3.8, 4) is 5.75 Å². The van der Waals surface area contributed by atoms with Gasteiger partial charge in [-0.25, -0.2) is 4.79 Å². The Hall–Kier alpha value is -1.92. The van der Waals surface area contributed by atoms with E-state index in [1.807, 2.05) is 6.92 Å². The molecule has 0 N–H and O–H groups in total. The average molecular weight is 296 g/mol. The lowest BCUT2D eigenvalue weighted by molar-refractivity contribution is -0.131. The molecule has 0 heterocycles. The molecule has 21 heavy (non-hydrogen) atoms. The Bertz CT molecular complexity index is 440. The Morgan fingerprint density at radius 2 is 1.57 bits per heavy atom. The molecule has 0 saturated carbocycles. The third-order valence-electron chi connectivity index (χ3n) is 2.39. The van der Waals surface area contributed by atoms with Crippen molar-refractivity contribution >= 4 is 11.9 Å². The van der Waals surface area contributed by atoms with Gasteiger partial charge in [0.25, 0.3) is 0 Å². The van der Waals surface area contributed by atoms with E-state index >= 15 is 0 Å². The monoisotopic (exact) mass is 296 g/mol. The maximum Gasteiger partial charge on any atom is 0.338 e. The predicted molar refractivity (Wildman–Crippen MR) is 75.3 cm³/mol. The van der Waals surface area contributed by atoms with Gasteiger partial charge in [0, 0.05) is 13.5 Å². The first-order valence-electron chi connectivity index (χ1n) is 6.74. The average Bonchev–Trinajstić information content (AvgIpc) is 2.46. The normalized spacial score (nSPS) is 10.2. The molecule has 6 heteroatoms. The second-order valence-corrected chi connectivity index (χ2v) is 4.06. The van der Waals surface area contributed by atoms with Crippen molar-refractivity contribution in [1.82, 2.24) is 0 Å². The van der Waals surface area contributed by atoms with Gasteiger partial charge >= 0.3 is 11.9 Å². The van der Waals surface area contributed by atoms with Crippen molar-refractivity contribution in [2.45, 2.75) is 13.8 Å². The van der Waals surface area contributed by atoms with Crippen LogP contribution in [0, 0.1) is 0 Å². The Kier molecular flexibility index (Phi) is 8.08. The van der Waals surface area contributed by atoms with Crippen LogP contribution >= 0.6 is 0 Å². The standard InChI is InChI=1S/C15H20O6/c1-3-18-8-9-19-10-11-20-15(17)13-4-6-14(7-5-13)21-12(2)16/h4-7H,3,8-11H2,1-2H3. The van der Waals surface area contributed by atoms with Gasteiger partial charge in [-0.3, -0.25) is 4.79 Å². The van der Waals surface area contributed by atoms with Gasteiger partial charge in [0.15, 0.2) is 0 Å². The maximum absolute atomic E-state index is 11.7. The Balaban J connectivity index is 2.24. The van der Waals surface area contributed by atoms with E-state index in [-0.39, 0.29) is 6.61 Å². The highest BCUT2D eigenvalue weighted by Gasteiger charge is 2.07. The Morgan fingerprint density at radius 1 is 0.952 bits per heavy atom. The maximum atomic E-state index is 11.7.